The molecule has 0 aliphatic rings. The van der Waals surface area contributed by atoms with Crippen LogP contribution in [0, 0.1) is 6.92 Å². The molecule has 162 valence electrons. The van der Waals surface area contributed by atoms with E-state index in [2.05, 4.69) is 45.9 Å². The quantitative estimate of drug-likeness (QED) is 0.360. The lowest BCUT2D eigenvalue weighted by Gasteiger charge is -2.18. The van der Waals surface area contributed by atoms with Gasteiger partial charge < -0.3 is 18.9 Å². The largest absolute Gasteiger partial charge is 0.493 e. The second kappa shape index (κ2) is 13.0. The third-order valence-corrected chi connectivity index (χ3v) is 4.75. The average Bonchev–Trinajstić information content (AvgIpc) is 2.68. The zero-order chi connectivity index (χ0) is 21.8. The minimum absolute atomic E-state index is 0.488. The highest BCUT2D eigenvalue weighted by molar-refractivity contribution is 5.62. The van der Waals surface area contributed by atoms with Gasteiger partial charge in [-0.1, -0.05) is 28.9 Å². The molecule has 1 aromatic carbocycles. The molecule has 0 unspecified atom stereocenters. The van der Waals surface area contributed by atoms with Gasteiger partial charge in [0.25, 0.3) is 0 Å². The second-order valence-corrected chi connectivity index (χ2v) is 7.56. The molecule has 1 rings (SSSR count). The van der Waals surface area contributed by atoms with Crippen LogP contribution < -0.4 is 18.9 Å². The molecule has 0 fully saturated rings. The lowest BCUT2D eigenvalue weighted by Crippen LogP contribution is -2.03. The van der Waals surface area contributed by atoms with Gasteiger partial charge in [0.05, 0.1) is 21.3 Å². The molecule has 0 spiro atoms. The van der Waals surface area contributed by atoms with Gasteiger partial charge in [-0.15, -0.1) is 0 Å². The van der Waals surface area contributed by atoms with Crippen molar-refractivity contribution in [2.24, 2.45) is 0 Å². The van der Waals surface area contributed by atoms with Crippen molar-refractivity contribution in [1.29, 1.82) is 0 Å². The van der Waals surface area contributed by atoms with Crippen LogP contribution in [0.15, 0.2) is 41.0 Å². The number of hydrogen-bond donors (Lipinski definition) is 0. The summed E-state index contributed by atoms with van der Waals surface area (Å²) < 4.78 is 22.4. The molecular weight excluding hydrogens is 364 g/mol. The van der Waals surface area contributed by atoms with Crippen molar-refractivity contribution in [3.63, 3.8) is 0 Å². The van der Waals surface area contributed by atoms with Crippen LogP contribution in [0.1, 0.15) is 58.9 Å². The van der Waals surface area contributed by atoms with Crippen LogP contribution in [0.3, 0.4) is 0 Å². The summed E-state index contributed by atoms with van der Waals surface area (Å²) in [6, 6.07) is 1.90. The predicted molar refractivity (Wildman–Crippen MR) is 122 cm³/mol. The van der Waals surface area contributed by atoms with Crippen molar-refractivity contribution >= 4 is 0 Å². The van der Waals surface area contributed by atoms with Crippen LogP contribution >= 0.6 is 0 Å². The topological polar surface area (TPSA) is 36.9 Å². The van der Waals surface area contributed by atoms with E-state index in [1.54, 1.807) is 21.3 Å². The molecule has 0 saturated heterocycles. The minimum Gasteiger partial charge on any atom is -0.493 e. The Labute approximate surface area is 177 Å². The van der Waals surface area contributed by atoms with E-state index < -0.39 is 0 Å². The summed E-state index contributed by atoms with van der Waals surface area (Å²) in [5.41, 5.74) is 5.10. The standard InChI is InChI=1S/C25H38O4/c1-18(2)11-9-12-19(3)13-10-14-20(4)15-16-29-23-21(5)17-22(26-6)24(27-7)25(23)28-8/h11,13,15,17H,9-10,12,14,16H2,1-8H3/b19-13+,20-15+. The molecule has 4 heteroatoms. The van der Waals surface area contributed by atoms with Crippen molar-refractivity contribution in [2.75, 3.05) is 27.9 Å². The first kappa shape index (κ1) is 24.7. The fourth-order valence-electron chi connectivity index (χ4n) is 3.04. The first-order valence-electron chi connectivity index (χ1n) is 10.2. The number of rotatable bonds is 12. The molecule has 29 heavy (non-hydrogen) atoms. The first-order chi connectivity index (χ1) is 13.8. The van der Waals surface area contributed by atoms with Gasteiger partial charge in [-0.2, -0.15) is 0 Å². The lowest BCUT2D eigenvalue weighted by molar-refractivity contribution is 0.292. The minimum atomic E-state index is 0.488. The maximum Gasteiger partial charge on any atom is 0.207 e. The molecule has 0 aliphatic heterocycles. The number of aryl methyl sites for hydroxylation is 1. The summed E-state index contributed by atoms with van der Waals surface area (Å²) in [4.78, 5) is 0. The molecule has 0 aliphatic carbocycles. The molecule has 0 aromatic heterocycles. The van der Waals surface area contributed by atoms with Gasteiger partial charge in [0.2, 0.25) is 11.5 Å². The maximum absolute atomic E-state index is 6.02. The summed E-state index contributed by atoms with van der Waals surface area (Å²) in [5, 5.41) is 0. The van der Waals surface area contributed by atoms with Crippen molar-refractivity contribution < 1.29 is 18.9 Å². The van der Waals surface area contributed by atoms with Crippen molar-refractivity contribution in [3.8, 4) is 23.0 Å². The summed E-state index contributed by atoms with van der Waals surface area (Å²) in [5.74, 6) is 2.42. The fraction of sp³-hybridized carbons (Fsp3) is 0.520. The highest BCUT2D eigenvalue weighted by atomic mass is 16.5. The first-order valence-corrected chi connectivity index (χ1v) is 10.2. The lowest BCUT2D eigenvalue weighted by atomic mass is 10.1. The second-order valence-electron chi connectivity index (χ2n) is 7.56. The van der Waals surface area contributed by atoms with Gasteiger partial charge in [0, 0.05) is 0 Å². The van der Waals surface area contributed by atoms with E-state index in [9.17, 15) is 0 Å². The summed E-state index contributed by atoms with van der Waals surface area (Å²) in [7, 11) is 4.82. The number of hydrogen-bond acceptors (Lipinski definition) is 4. The van der Waals surface area contributed by atoms with E-state index in [-0.39, 0.29) is 0 Å². The van der Waals surface area contributed by atoms with Gasteiger partial charge in [-0.3, -0.25) is 0 Å². The average molecular weight is 403 g/mol. The van der Waals surface area contributed by atoms with E-state index >= 15 is 0 Å². The molecule has 0 amide bonds. The van der Waals surface area contributed by atoms with Crippen LogP contribution in [0.5, 0.6) is 23.0 Å². The Balaban J connectivity index is 2.65. The number of ether oxygens (including phenoxy) is 4. The van der Waals surface area contributed by atoms with E-state index in [0.717, 1.165) is 31.2 Å². The number of methoxy groups -OCH3 is 3. The Morgan fingerprint density at radius 3 is 1.90 bits per heavy atom. The zero-order valence-corrected chi connectivity index (χ0v) is 19.5. The fourth-order valence-corrected chi connectivity index (χ4v) is 3.04. The van der Waals surface area contributed by atoms with Gasteiger partial charge >= 0.3 is 0 Å². The van der Waals surface area contributed by atoms with E-state index in [1.807, 2.05) is 13.0 Å². The number of benzene rings is 1. The molecule has 0 atom stereocenters. The molecular formula is C25H38O4. The van der Waals surface area contributed by atoms with Crippen molar-refractivity contribution in [2.45, 2.75) is 60.3 Å². The summed E-state index contributed by atoms with van der Waals surface area (Å²) in [6.45, 7) is 11.1. The monoisotopic (exact) mass is 402 g/mol. The molecule has 4 nitrogen and oxygen atoms in total. The zero-order valence-electron chi connectivity index (χ0n) is 19.5. The molecule has 0 bridgehead atoms. The third-order valence-electron chi connectivity index (χ3n) is 4.75. The highest BCUT2D eigenvalue weighted by Crippen LogP contribution is 2.46. The molecule has 0 saturated carbocycles. The van der Waals surface area contributed by atoms with Gasteiger partial charge in [-0.05, 0) is 78.0 Å². The van der Waals surface area contributed by atoms with Gasteiger partial charge in [0.1, 0.15) is 6.61 Å². The normalized spacial score (nSPS) is 11.9. The highest BCUT2D eigenvalue weighted by Gasteiger charge is 2.19. The Bertz CT molecular complexity index is 738. The maximum atomic E-state index is 6.02. The van der Waals surface area contributed by atoms with Crippen LogP contribution in [-0.4, -0.2) is 27.9 Å². The predicted octanol–water partition coefficient (Wildman–Crippen LogP) is 6.82. The Kier molecular flexibility index (Phi) is 11.0. The molecule has 0 heterocycles. The third kappa shape index (κ3) is 8.26. The van der Waals surface area contributed by atoms with Crippen LogP contribution in [0.2, 0.25) is 0 Å². The molecule has 0 N–H and O–H groups in total. The van der Waals surface area contributed by atoms with Crippen LogP contribution in [0.4, 0.5) is 0 Å². The van der Waals surface area contributed by atoms with Crippen molar-refractivity contribution in [1.82, 2.24) is 0 Å². The Morgan fingerprint density at radius 2 is 1.34 bits per heavy atom. The van der Waals surface area contributed by atoms with Gasteiger partial charge in [-0.25, -0.2) is 0 Å². The smallest absolute Gasteiger partial charge is 0.207 e. The molecule has 0 radical (unpaired) electrons. The molecule has 1 aromatic rings. The summed E-state index contributed by atoms with van der Waals surface area (Å²) >= 11 is 0. The van der Waals surface area contributed by atoms with Crippen LogP contribution in [-0.2, 0) is 0 Å². The Hall–Kier alpha value is -2.36. The van der Waals surface area contributed by atoms with Crippen LogP contribution in [0.25, 0.3) is 0 Å². The van der Waals surface area contributed by atoms with Gasteiger partial charge in [0.15, 0.2) is 11.5 Å². The number of allylic oxidation sites excluding steroid dienone is 5. The van der Waals surface area contributed by atoms with E-state index in [1.165, 1.54) is 16.7 Å². The van der Waals surface area contributed by atoms with E-state index in [0.29, 0.717) is 29.6 Å². The summed E-state index contributed by atoms with van der Waals surface area (Å²) in [6.07, 6.45) is 11.1. The Morgan fingerprint density at radius 1 is 0.759 bits per heavy atom. The SMILES string of the molecule is COc1cc(C)c(OC/C=C(\C)CC/C=C(\C)CCC=C(C)C)c(OC)c1OC. The van der Waals surface area contributed by atoms with E-state index in [4.69, 9.17) is 18.9 Å². The van der Waals surface area contributed by atoms with Crippen molar-refractivity contribution in [3.05, 3.63) is 46.6 Å².